The van der Waals surface area contributed by atoms with Gasteiger partial charge in [0.1, 0.15) is 0 Å². The smallest absolute Gasteiger partial charge is 0.317 e. The SMILES string of the molecule is Cc1ccc(NC(=O)N2CCCC2c2cnn(C)c2)cc1-c1ccccn1. The van der Waals surface area contributed by atoms with Crippen molar-refractivity contribution in [3.63, 3.8) is 0 Å². The molecule has 1 fully saturated rings. The average Bonchev–Trinajstić information content (AvgIpc) is 3.33. The molecule has 6 heteroatoms. The summed E-state index contributed by atoms with van der Waals surface area (Å²) < 4.78 is 1.78. The Hall–Kier alpha value is -3.15. The van der Waals surface area contributed by atoms with E-state index in [4.69, 9.17) is 0 Å². The van der Waals surface area contributed by atoms with Crippen LogP contribution in [0.15, 0.2) is 55.0 Å². The fourth-order valence-electron chi connectivity index (χ4n) is 3.66. The van der Waals surface area contributed by atoms with Gasteiger partial charge in [-0.3, -0.25) is 9.67 Å². The zero-order valence-corrected chi connectivity index (χ0v) is 15.6. The van der Waals surface area contributed by atoms with Crippen molar-refractivity contribution >= 4 is 11.7 Å². The molecule has 1 saturated heterocycles. The Bertz CT molecular complexity index is 950. The summed E-state index contributed by atoms with van der Waals surface area (Å²) in [6, 6.07) is 11.8. The van der Waals surface area contributed by atoms with E-state index in [0.29, 0.717) is 0 Å². The van der Waals surface area contributed by atoms with Crippen LogP contribution >= 0.6 is 0 Å². The Morgan fingerprint density at radius 3 is 2.89 bits per heavy atom. The Morgan fingerprint density at radius 2 is 2.15 bits per heavy atom. The van der Waals surface area contributed by atoms with E-state index >= 15 is 0 Å². The van der Waals surface area contributed by atoms with E-state index in [0.717, 1.165) is 47.5 Å². The van der Waals surface area contributed by atoms with Gasteiger partial charge in [-0.05, 0) is 49.6 Å². The topological polar surface area (TPSA) is 63.1 Å². The minimum atomic E-state index is -0.0721. The summed E-state index contributed by atoms with van der Waals surface area (Å²) in [7, 11) is 1.90. The van der Waals surface area contributed by atoms with E-state index < -0.39 is 0 Å². The van der Waals surface area contributed by atoms with Gasteiger partial charge in [0, 0.05) is 42.8 Å². The number of rotatable bonds is 3. The highest BCUT2D eigenvalue weighted by Gasteiger charge is 2.30. The van der Waals surface area contributed by atoms with Crippen LogP contribution in [-0.2, 0) is 7.05 Å². The van der Waals surface area contributed by atoms with E-state index in [2.05, 4.69) is 22.3 Å². The molecule has 138 valence electrons. The van der Waals surface area contributed by atoms with Gasteiger partial charge in [0.05, 0.1) is 17.9 Å². The number of likely N-dealkylation sites (tertiary alicyclic amines) is 1. The summed E-state index contributed by atoms with van der Waals surface area (Å²) in [6.07, 6.45) is 7.58. The predicted molar refractivity (Wildman–Crippen MR) is 105 cm³/mol. The number of carbonyl (C=O) groups excluding carboxylic acids is 1. The number of pyridine rings is 1. The van der Waals surface area contributed by atoms with Crippen LogP contribution in [0, 0.1) is 6.92 Å². The standard InChI is InChI=1S/C21H23N5O/c1-15-8-9-17(12-18(15)19-6-3-4-10-22-19)24-21(27)26-11-5-7-20(26)16-13-23-25(2)14-16/h3-4,6,8-10,12-14,20H,5,7,11H2,1-2H3,(H,24,27). The normalized spacial score (nSPS) is 16.5. The minimum absolute atomic E-state index is 0.0721. The minimum Gasteiger partial charge on any atom is -0.317 e. The van der Waals surface area contributed by atoms with Crippen molar-refractivity contribution in [1.82, 2.24) is 19.7 Å². The van der Waals surface area contributed by atoms with Gasteiger partial charge >= 0.3 is 6.03 Å². The maximum atomic E-state index is 12.9. The second-order valence-corrected chi connectivity index (χ2v) is 6.97. The van der Waals surface area contributed by atoms with Crippen molar-refractivity contribution in [2.75, 3.05) is 11.9 Å². The maximum Gasteiger partial charge on any atom is 0.322 e. The first-order valence-electron chi connectivity index (χ1n) is 9.20. The lowest BCUT2D eigenvalue weighted by Crippen LogP contribution is -2.34. The number of nitrogens with one attached hydrogen (secondary N) is 1. The molecule has 1 aliphatic rings. The third kappa shape index (κ3) is 3.56. The number of carbonyl (C=O) groups is 1. The molecular formula is C21H23N5O. The van der Waals surface area contributed by atoms with E-state index in [1.807, 2.05) is 60.7 Å². The van der Waals surface area contributed by atoms with Gasteiger partial charge in [0.15, 0.2) is 0 Å². The summed E-state index contributed by atoms with van der Waals surface area (Å²) in [5.41, 5.74) is 4.92. The number of anilines is 1. The van der Waals surface area contributed by atoms with Gasteiger partial charge in [-0.2, -0.15) is 5.10 Å². The zero-order valence-electron chi connectivity index (χ0n) is 15.6. The third-order valence-corrected chi connectivity index (χ3v) is 5.05. The van der Waals surface area contributed by atoms with Crippen molar-refractivity contribution in [2.45, 2.75) is 25.8 Å². The molecule has 1 atom stereocenters. The van der Waals surface area contributed by atoms with Crippen molar-refractivity contribution < 1.29 is 4.79 Å². The lowest BCUT2D eigenvalue weighted by atomic mass is 10.0. The summed E-state index contributed by atoms with van der Waals surface area (Å²) in [4.78, 5) is 19.2. The van der Waals surface area contributed by atoms with Gasteiger partial charge in [-0.1, -0.05) is 12.1 Å². The fraction of sp³-hybridized carbons (Fsp3) is 0.286. The van der Waals surface area contributed by atoms with E-state index in [9.17, 15) is 4.79 Å². The van der Waals surface area contributed by atoms with E-state index in [1.165, 1.54) is 0 Å². The molecule has 3 aromatic rings. The zero-order chi connectivity index (χ0) is 18.8. The molecule has 0 aliphatic carbocycles. The molecule has 0 spiro atoms. The highest BCUT2D eigenvalue weighted by atomic mass is 16.2. The molecule has 0 saturated carbocycles. The molecule has 2 aromatic heterocycles. The Morgan fingerprint density at radius 1 is 1.26 bits per heavy atom. The molecule has 27 heavy (non-hydrogen) atoms. The number of nitrogens with zero attached hydrogens (tertiary/aromatic N) is 4. The quantitative estimate of drug-likeness (QED) is 0.762. The van der Waals surface area contributed by atoms with Crippen LogP contribution in [0.5, 0.6) is 0 Å². The van der Waals surface area contributed by atoms with Crippen LogP contribution in [0.2, 0.25) is 0 Å². The number of aryl methyl sites for hydroxylation is 2. The highest BCUT2D eigenvalue weighted by Crippen LogP contribution is 2.32. The van der Waals surface area contributed by atoms with Crippen LogP contribution in [0.3, 0.4) is 0 Å². The molecule has 6 nitrogen and oxygen atoms in total. The van der Waals surface area contributed by atoms with Crippen molar-refractivity contribution in [2.24, 2.45) is 7.05 Å². The van der Waals surface area contributed by atoms with Crippen LogP contribution in [0.1, 0.15) is 30.0 Å². The summed E-state index contributed by atoms with van der Waals surface area (Å²) in [6.45, 7) is 2.80. The van der Waals surface area contributed by atoms with E-state index in [1.54, 1.807) is 10.9 Å². The fourth-order valence-corrected chi connectivity index (χ4v) is 3.66. The molecule has 1 aliphatic heterocycles. The summed E-state index contributed by atoms with van der Waals surface area (Å²) in [5.74, 6) is 0. The number of hydrogen-bond acceptors (Lipinski definition) is 3. The van der Waals surface area contributed by atoms with Crippen LogP contribution in [-0.4, -0.2) is 32.2 Å². The first-order valence-corrected chi connectivity index (χ1v) is 9.20. The molecule has 1 aromatic carbocycles. The first-order chi connectivity index (χ1) is 13.1. The monoisotopic (exact) mass is 361 g/mol. The number of benzene rings is 1. The second-order valence-electron chi connectivity index (χ2n) is 6.97. The first kappa shape index (κ1) is 17.3. The Balaban J connectivity index is 1.54. The molecule has 1 N–H and O–H groups in total. The third-order valence-electron chi connectivity index (χ3n) is 5.05. The molecule has 0 radical (unpaired) electrons. The Kier molecular flexibility index (Phi) is 4.62. The highest BCUT2D eigenvalue weighted by molar-refractivity contribution is 5.90. The average molecular weight is 361 g/mol. The largest absolute Gasteiger partial charge is 0.322 e. The Labute approximate surface area is 158 Å². The second kappa shape index (κ2) is 7.23. The maximum absolute atomic E-state index is 12.9. The molecule has 2 amide bonds. The van der Waals surface area contributed by atoms with Crippen LogP contribution in [0.25, 0.3) is 11.3 Å². The van der Waals surface area contributed by atoms with Gasteiger partial charge < -0.3 is 10.2 Å². The van der Waals surface area contributed by atoms with Gasteiger partial charge in [0.25, 0.3) is 0 Å². The summed E-state index contributed by atoms with van der Waals surface area (Å²) in [5, 5.41) is 7.30. The van der Waals surface area contributed by atoms with Gasteiger partial charge in [-0.15, -0.1) is 0 Å². The van der Waals surface area contributed by atoms with Crippen LogP contribution < -0.4 is 5.32 Å². The number of urea groups is 1. The molecule has 1 unspecified atom stereocenters. The van der Waals surface area contributed by atoms with Crippen molar-refractivity contribution in [3.05, 3.63) is 66.1 Å². The van der Waals surface area contributed by atoms with Gasteiger partial charge in [-0.25, -0.2) is 4.79 Å². The number of hydrogen-bond donors (Lipinski definition) is 1. The van der Waals surface area contributed by atoms with Gasteiger partial charge in [0.2, 0.25) is 0 Å². The van der Waals surface area contributed by atoms with Crippen molar-refractivity contribution in [3.8, 4) is 11.3 Å². The van der Waals surface area contributed by atoms with Crippen LogP contribution in [0.4, 0.5) is 10.5 Å². The molecule has 0 bridgehead atoms. The molecular weight excluding hydrogens is 338 g/mol. The molecule has 4 rings (SSSR count). The van der Waals surface area contributed by atoms with E-state index in [-0.39, 0.29) is 12.1 Å². The summed E-state index contributed by atoms with van der Waals surface area (Å²) >= 11 is 0. The predicted octanol–water partition coefficient (Wildman–Crippen LogP) is 4.16. The number of aromatic nitrogens is 3. The molecule has 3 heterocycles. The lowest BCUT2D eigenvalue weighted by Gasteiger charge is -2.24. The number of amides is 2. The lowest BCUT2D eigenvalue weighted by molar-refractivity contribution is 0.207. The van der Waals surface area contributed by atoms with Crippen molar-refractivity contribution in [1.29, 1.82) is 0 Å².